The van der Waals surface area contributed by atoms with E-state index in [-0.39, 0.29) is 18.1 Å². The topological polar surface area (TPSA) is 86.7 Å². The van der Waals surface area contributed by atoms with Gasteiger partial charge in [0.2, 0.25) is 0 Å². The van der Waals surface area contributed by atoms with Crippen LogP contribution in [0.1, 0.15) is 47.5 Å². The van der Waals surface area contributed by atoms with Gasteiger partial charge in [0.15, 0.2) is 5.78 Å². The summed E-state index contributed by atoms with van der Waals surface area (Å²) in [5.74, 6) is -2.69. The zero-order chi connectivity index (χ0) is 19.4. The molecule has 1 unspecified atom stereocenters. The molecule has 1 spiro atoms. The Morgan fingerprint density at radius 3 is 2.50 bits per heavy atom. The molecule has 0 aromatic carbocycles. The van der Waals surface area contributed by atoms with Crippen LogP contribution in [0.3, 0.4) is 0 Å². The lowest BCUT2D eigenvalue weighted by atomic mass is 9.64. The molecule has 0 bridgehead atoms. The van der Waals surface area contributed by atoms with E-state index in [9.17, 15) is 19.2 Å². The zero-order valence-corrected chi connectivity index (χ0v) is 15.8. The number of carbonyl (C=O) groups excluding carboxylic acids is 4. The molecule has 6 heteroatoms. The quantitative estimate of drug-likeness (QED) is 0.427. The number of cyclic esters (lactones) is 2. The fourth-order valence-electron chi connectivity index (χ4n) is 4.62. The molecule has 5 atom stereocenters. The lowest BCUT2D eigenvalue weighted by Gasteiger charge is -2.42. The molecule has 3 aliphatic rings. The third-order valence-corrected chi connectivity index (χ3v) is 6.73. The summed E-state index contributed by atoms with van der Waals surface area (Å²) in [6.45, 7) is 8.82. The Balaban J connectivity index is 2.17. The van der Waals surface area contributed by atoms with Crippen LogP contribution < -0.4 is 0 Å². The van der Waals surface area contributed by atoms with Crippen molar-refractivity contribution >= 4 is 23.7 Å². The third-order valence-electron chi connectivity index (χ3n) is 6.73. The molecule has 0 aromatic heterocycles. The predicted molar refractivity (Wildman–Crippen MR) is 91.6 cm³/mol. The van der Waals surface area contributed by atoms with Crippen LogP contribution in [0.2, 0.25) is 0 Å². The van der Waals surface area contributed by atoms with Crippen molar-refractivity contribution in [3.05, 3.63) is 23.3 Å². The summed E-state index contributed by atoms with van der Waals surface area (Å²) >= 11 is 0. The molecule has 2 fully saturated rings. The van der Waals surface area contributed by atoms with Gasteiger partial charge in [-0.2, -0.15) is 0 Å². The van der Waals surface area contributed by atoms with Gasteiger partial charge in [-0.3, -0.25) is 14.4 Å². The number of allylic oxidation sites excluding steroid dienone is 2. The highest BCUT2D eigenvalue weighted by Crippen LogP contribution is 2.64. The van der Waals surface area contributed by atoms with Crippen molar-refractivity contribution in [3.8, 4) is 0 Å². The van der Waals surface area contributed by atoms with E-state index >= 15 is 0 Å². The van der Waals surface area contributed by atoms with Gasteiger partial charge in [-0.1, -0.05) is 32.4 Å². The summed E-state index contributed by atoms with van der Waals surface area (Å²) in [4.78, 5) is 49.5. The molecule has 0 amide bonds. The molecule has 0 radical (unpaired) electrons. The number of ketones is 1. The van der Waals surface area contributed by atoms with Gasteiger partial charge in [0.1, 0.15) is 11.5 Å². The molecular weight excluding hydrogens is 336 g/mol. The van der Waals surface area contributed by atoms with E-state index in [4.69, 9.17) is 9.47 Å². The van der Waals surface area contributed by atoms with Crippen LogP contribution in [-0.2, 0) is 28.7 Å². The predicted octanol–water partition coefficient (Wildman–Crippen LogP) is 2.52. The van der Waals surface area contributed by atoms with Gasteiger partial charge in [-0.25, -0.2) is 4.79 Å². The van der Waals surface area contributed by atoms with Gasteiger partial charge < -0.3 is 9.47 Å². The number of ether oxygens (including phenoxy) is 2. The van der Waals surface area contributed by atoms with Crippen LogP contribution in [-0.4, -0.2) is 29.8 Å². The summed E-state index contributed by atoms with van der Waals surface area (Å²) in [6.07, 6.45) is 2.84. The van der Waals surface area contributed by atoms with E-state index in [2.05, 4.69) is 0 Å². The minimum Gasteiger partial charge on any atom is -0.457 e. The summed E-state index contributed by atoms with van der Waals surface area (Å²) in [5, 5.41) is 0. The van der Waals surface area contributed by atoms with Gasteiger partial charge in [0, 0.05) is 17.4 Å². The number of fused-ring (bicyclic) bond motifs is 1. The average Bonchev–Trinajstić information content (AvgIpc) is 2.95. The summed E-state index contributed by atoms with van der Waals surface area (Å²) in [6, 6.07) is 0. The number of hydrogen-bond donors (Lipinski definition) is 0. The van der Waals surface area contributed by atoms with Gasteiger partial charge in [-0.15, -0.1) is 0 Å². The van der Waals surface area contributed by atoms with E-state index in [1.165, 1.54) is 0 Å². The van der Waals surface area contributed by atoms with Crippen LogP contribution in [0.5, 0.6) is 0 Å². The zero-order valence-electron chi connectivity index (χ0n) is 15.8. The Morgan fingerprint density at radius 1 is 1.31 bits per heavy atom. The van der Waals surface area contributed by atoms with E-state index in [0.29, 0.717) is 12.0 Å². The van der Waals surface area contributed by atoms with Gasteiger partial charge in [0.25, 0.3) is 0 Å². The Bertz CT molecular complexity index is 775. The Morgan fingerprint density at radius 2 is 1.96 bits per heavy atom. The summed E-state index contributed by atoms with van der Waals surface area (Å²) in [7, 11) is 0. The highest BCUT2D eigenvalue weighted by molar-refractivity contribution is 6.01. The first-order valence-corrected chi connectivity index (χ1v) is 8.92. The number of rotatable bonds is 2. The second kappa shape index (κ2) is 5.89. The van der Waals surface area contributed by atoms with Gasteiger partial charge in [-0.05, 0) is 32.3 Å². The molecule has 0 N–H and O–H groups in total. The molecule has 3 rings (SSSR count). The van der Waals surface area contributed by atoms with Gasteiger partial charge in [0.05, 0.1) is 5.92 Å². The molecule has 1 saturated carbocycles. The lowest BCUT2D eigenvalue weighted by molar-refractivity contribution is -0.169. The molecule has 1 saturated heterocycles. The van der Waals surface area contributed by atoms with Crippen LogP contribution in [0.25, 0.3) is 0 Å². The molecule has 140 valence electrons. The SMILES string of the molecule is C/C=C(/C)C(=O)O[C@H]1[C@@]2(C)C(=CC(=O)C[C@@H]2C)C[C@@]12C(=O)OC(=O)C2C. The highest BCUT2D eigenvalue weighted by atomic mass is 16.6. The van der Waals surface area contributed by atoms with E-state index < -0.39 is 40.8 Å². The van der Waals surface area contributed by atoms with Crippen LogP contribution in [0.15, 0.2) is 23.3 Å². The fraction of sp³-hybridized carbons (Fsp3) is 0.600. The van der Waals surface area contributed by atoms with Crippen LogP contribution in [0.4, 0.5) is 0 Å². The van der Waals surface area contributed by atoms with Crippen molar-refractivity contribution in [2.24, 2.45) is 22.7 Å². The first kappa shape index (κ1) is 18.5. The largest absolute Gasteiger partial charge is 0.457 e. The van der Waals surface area contributed by atoms with Crippen LogP contribution >= 0.6 is 0 Å². The monoisotopic (exact) mass is 360 g/mol. The number of hydrogen-bond acceptors (Lipinski definition) is 6. The first-order valence-electron chi connectivity index (χ1n) is 8.92. The number of esters is 3. The first-order chi connectivity index (χ1) is 12.1. The van der Waals surface area contributed by atoms with E-state index in [1.807, 2.05) is 13.8 Å². The normalized spacial score (nSPS) is 39.7. The average molecular weight is 360 g/mol. The Labute approximate surface area is 152 Å². The lowest BCUT2D eigenvalue weighted by Crippen LogP contribution is -2.51. The maximum atomic E-state index is 12.8. The van der Waals surface area contributed by atoms with E-state index in [1.54, 1.807) is 32.9 Å². The highest BCUT2D eigenvalue weighted by Gasteiger charge is 2.72. The van der Waals surface area contributed by atoms with Crippen molar-refractivity contribution in [3.63, 3.8) is 0 Å². The van der Waals surface area contributed by atoms with Crippen molar-refractivity contribution in [1.82, 2.24) is 0 Å². The van der Waals surface area contributed by atoms with E-state index in [0.717, 1.165) is 5.57 Å². The Hall–Kier alpha value is -2.24. The van der Waals surface area contributed by atoms with Crippen LogP contribution in [0, 0.1) is 22.7 Å². The molecule has 6 nitrogen and oxygen atoms in total. The van der Waals surface area contributed by atoms with Crippen molar-refractivity contribution < 1.29 is 28.7 Å². The Kier molecular flexibility index (Phi) is 4.20. The molecule has 26 heavy (non-hydrogen) atoms. The van der Waals surface area contributed by atoms with Crippen molar-refractivity contribution in [1.29, 1.82) is 0 Å². The minimum atomic E-state index is -1.28. The third kappa shape index (κ3) is 2.24. The standard InChI is InChI=1S/C20H24O6/c1-6-10(2)15(22)25-17-19(5)11(3)7-14(21)8-13(19)9-20(17)12(4)16(23)26-18(20)24/h6,8,11-12,17H,7,9H2,1-5H3/b10-6-/t11-,12?,17-,19+,20-/m0/s1. The molecule has 1 heterocycles. The second-order valence-electron chi connectivity index (χ2n) is 7.93. The number of carbonyl (C=O) groups is 4. The maximum absolute atomic E-state index is 12.8. The maximum Gasteiger partial charge on any atom is 0.333 e. The molecule has 2 aliphatic carbocycles. The molecule has 1 aliphatic heterocycles. The summed E-state index contributed by atoms with van der Waals surface area (Å²) in [5.41, 5.74) is -0.794. The van der Waals surface area contributed by atoms with Crippen molar-refractivity contribution in [2.75, 3.05) is 0 Å². The van der Waals surface area contributed by atoms with Crippen molar-refractivity contribution in [2.45, 2.75) is 53.6 Å². The minimum absolute atomic E-state index is 0.0120. The molecule has 0 aromatic rings. The fourth-order valence-corrected chi connectivity index (χ4v) is 4.62. The molecular formula is C20H24O6. The second-order valence-corrected chi connectivity index (χ2v) is 7.93. The summed E-state index contributed by atoms with van der Waals surface area (Å²) < 4.78 is 10.8. The van der Waals surface area contributed by atoms with Gasteiger partial charge >= 0.3 is 17.9 Å². The smallest absolute Gasteiger partial charge is 0.333 e.